The van der Waals surface area contributed by atoms with Gasteiger partial charge in [0, 0.05) is 18.2 Å². The summed E-state index contributed by atoms with van der Waals surface area (Å²) in [6.07, 6.45) is -2.26. The molecule has 0 bridgehead atoms. The number of halogens is 3. The first-order chi connectivity index (χ1) is 10.4. The minimum absolute atomic E-state index is 0.0225. The molecule has 1 aromatic rings. The fourth-order valence-corrected chi connectivity index (χ4v) is 3.11. The maximum Gasteiger partial charge on any atom is 0.416 e. The summed E-state index contributed by atoms with van der Waals surface area (Å²) in [5.41, 5.74) is -0.0103. The van der Waals surface area contributed by atoms with Gasteiger partial charge in [0.25, 0.3) is 0 Å². The van der Waals surface area contributed by atoms with E-state index in [0.29, 0.717) is 5.56 Å². The van der Waals surface area contributed by atoms with Crippen molar-refractivity contribution in [2.24, 2.45) is 5.92 Å². The number of aliphatic hydroxyl groups excluding tert-OH is 1. The number of benzene rings is 1. The largest absolute Gasteiger partial charge is 0.496 e. The Morgan fingerprint density at radius 2 is 1.91 bits per heavy atom. The van der Waals surface area contributed by atoms with E-state index in [-0.39, 0.29) is 24.3 Å². The lowest BCUT2D eigenvalue weighted by Crippen LogP contribution is -2.32. The van der Waals surface area contributed by atoms with Gasteiger partial charge in [0.1, 0.15) is 5.75 Å². The molecule has 1 fully saturated rings. The quantitative estimate of drug-likeness (QED) is 0.902. The Morgan fingerprint density at radius 3 is 2.41 bits per heavy atom. The van der Waals surface area contributed by atoms with Gasteiger partial charge in [-0.25, -0.2) is 0 Å². The fourth-order valence-electron chi connectivity index (χ4n) is 3.11. The van der Waals surface area contributed by atoms with Crippen LogP contribution < -0.4 is 4.74 Å². The second kappa shape index (κ2) is 6.87. The van der Waals surface area contributed by atoms with Crippen molar-refractivity contribution in [3.05, 3.63) is 29.3 Å². The Bertz CT molecular complexity index is 499. The topological polar surface area (TPSA) is 32.7 Å². The van der Waals surface area contributed by atoms with Gasteiger partial charge >= 0.3 is 6.18 Å². The van der Waals surface area contributed by atoms with Crippen molar-refractivity contribution in [3.8, 4) is 5.75 Å². The third-order valence-corrected chi connectivity index (χ3v) is 4.24. The highest BCUT2D eigenvalue weighted by Gasteiger charge is 2.34. The average molecular weight is 317 g/mol. The van der Waals surface area contributed by atoms with Crippen LogP contribution in [-0.4, -0.2) is 36.8 Å². The highest BCUT2D eigenvalue weighted by molar-refractivity contribution is 5.41. The molecule has 0 aliphatic carbocycles. The Morgan fingerprint density at radius 1 is 1.27 bits per heavy atom. The first kappa shape index (κ1) is 17.1. The van der Waals surface area contributed by atoms with Crippen LogP contribution in [0.25, 0.3) is 0 Å². The number of rotatable bonds is 5. The molecule has 2 rings (SSSR count). The number of hydrogen-bond acceptors (Lipinski definition) is 3. The zero-order chi connectivity index (χ0) is 16.3. The Balaban J connectivity index is 2.42. The predicted octanol–water partition coefficient (Wildman–Crippen LogP) is 3.48. The molecule has 3 nitrogen and oxygen atoms in total. The van der Waals surface area contributed by atoms with Crippen LogP contribution in [-0.2, 0) is 6.18 Å². The molecule has 124 valence electrons. The maximum absolute atomic E-state index is 12.9. The van der Waals surface area contributed by atoms with E-state index in [1.54, 1.807) is 0 Å². The van der Waals surface area contributed by atoms with Crippen LogP contribution >= 0.6 is 0 Å². The first-order valence-corrected chi connectivity index (χ1v) is 7.48. The van der Waals surface area contributed by atoms with E-state index < -0.39 is 11.7 Å². The molecule has 0 amide bonds. The van der Waals surface area contributed by atoms with Gasteiger partial charge in [-0.05, 0) is 44.0 Å². The molecular weight excluding hydrogens is 295 g/mol. The SMILES string of the molecule is COc1cc(C(F)(F)F)ccc1C(C(C)CO)N1CCCC1. The van der Waals surface area contributed by atoms with Crippen molar-refractivity contribution >= 4 is 0 Å². The van der Waals surface area contributed by atoms with E-state index in [0.717, 1.165) is 38.1 Å². The molecule has 6 heteroatoms. The zero-order valence-corrected chi connectivity index (χ0v) is 12.9. The Hall–Kier alpha value is -1.27. The third kappa shape index (κ3) is 3.55. The lowest BCUT2D eigenvalue weighted by Gasteiger charge is -2.33. The lowest BCUT2D eigenvalue weighted by molar-refractivity contribution is -0.137. The third-order valence-electron chi connectivity index (χ3n) is 4.24. The highest BCUT2D eigenvalue weighted by atomic mass is 19.4. The Kier molecular flexibility index (Phi) is 5.34. The number of methoxy groups -OCH3 is 1. The summed E-state index contributed by atoms with van der Waals surface area (Å²) in [7, 11) is 1.38. The normalized spacial score (nSPS) is 19.2. The number of nitrogens with zero attached hydrogens (tertiary/aromatic N) is 1. The van der Waals surface area contributed by atoms with Gasteiger partial charge in [0.15, 0.2) is 0 Å². The van der Waals surface area contributed by atoms with Crippen molar-refractivity contribution in [3.63, 3.8) is 0 Å². The zero-order valence-electron chi connectivity index (χ0n) is 12.9. The van der Waals surface area contributed by atoms with Crippen LogP contribution in [0.3, 0.4) is 0 Å². The molecule has 2 unspecified atom stereocenters. The van der Waals surface area contributed by atoms with Gasteiger partial charge in [0.2, 0.25) is 0 Å². The summed E-state index contributed by atoms with van der Waals surface area (Å²) in [6, 6.07) is 3.48. The number of aliphatic hydroxyl groups is 1. The molecule has 0 aromatic heterocycles. The number of ether oxygens (including phenoxy) is 1. The molecule has 2 atom stereocenters. The van der Waals surface area contributed by atoms with Crippen LogP contribution in [0.4, 0.5) is 13.2 Å². The van der Waals surface area contributed by atoms with Gasteiger partial charge in [-0.2, -0.15) is 13.2 Å². The standard InChI is InChI=1S/C16H22F3NO2/c1-11(10-21)15(20-7-3-4-8-20)13-6-5-12(16(17,18)19)9-14(13)22-2/h5-6,9,11,15,21H,3-4,7-8,10H2,1-2H3. The first-order valence-electron chi connectivity index (χ1n) is 7.48. The minimum Gasteiger partial charge on any atom is -0.496 e. The minimum atomic E-state index is -4.39. The van der Waals surface area contributed by atoms with E-state index in [9.17, 15) is 18.3 Å². The fraction of sp³-hybridized carbons (Fsp3) is 0.625. The predicted molar refractivity (Wildman–Crippen MR) is 77.8 cm³/mol. The van der Waals surface area contributed by atoms with Crippen molar-refractivity contribution in [2.75, 3.05) is 26.8 Å². The van der Waals surface area contributed by atoms with Gasteiger partial charge in [0.05, 0.1) is 12.7 Å². The smallest absolute Gasteiger partial charge is 0.416 e. The van der Waals surface area contributed by atoms with Gasteiger partial charge in [-0.1, -0.05) is 13.0 Å². The summed E-state index contributed by atoms with van der Waals surface area (Å²) in [6.45, 7) is 3.66. The maximum atomic E-state index is 12.9. The molecule has 1 aliphatic heterocycles. The van der Waals surface area contributed by atoms with E-state index in [1.165, 1.54) is 13.2 Å². The summed E-state index contributed by atoms with van der Waals surface area (Å²) >= 11 is 0. The molecule has 0 spiro atoms. The van der Waals surface area contributed by atoms with Crippen molar-refractivity contribution in [1.82, 2.24) is 4.90 Å². The van der Waals surface area contributed by atoms with Gasteiger partial charge in [-0.3, -0.25) is 4.90 Å². The van der Waals surface area contributed by atoms with Crippen LogP contribution in [0.15, 0.2) is 18.2 Å². The molecule has 1 heterocycles. The van der Waals surface area contributed by atoms with Gasteiger partial charge < -0.3 is 9.84 Å². The molecule has 0 saturated carbocycles. The molecular formula is C16H22F3NO2. The summed E-state index contributed by atoms with van der Waals surface area (Å²) in [5.74, 6) is 0.149. The van der Waals surface area contributed by atoms with Crippen LogP contribution in [0.1, 0.15) is 36.9 Å². The molecule has 1 N–H and O–H groups in total. The van der Waals surface area contributed by atoms with Crippen molar-refractivity contribution in [2.45, 2.75) is 32.0 Å². The second-order valence-electron chi connectivity index (χ2n) is 5.80. The summed E-state index contributed by atoms with van der Waals surface area (Å²) in [5, 5.41) is 9.53. The molecule has 1 aromatic carbocycles. The summed E-state index contributed by atoms with van der Waals surface area (Å²) in [4.78, 5) is 2.21. The molecule has 1 aliphatic rings. The summed E-state index contributed by atoms with van der Waals surface area (Å²) < 4.78 is 43.8. The van der Waals surface area contributed by atoms with Crippen molar-refractivity contribution < 1.29 is 23.0 Å². The number of alkyl halides is 3. The van der Waals surface area contributed by atoms with Crippen LogP contribution in [0.2, 0.25) is 0 Å². The average Bonchev–Trinajstić information content (AvgIpc) is 3.00. The van der Waals surface area contributed by atoms with Gasteiger partial charge in [-0.15, -0.1) is 0 Å². The lowest BCUT2D eigenvalue weighted by atomic mass is 9.92. The number of hydrogen-bond donors (Lipinski definition) is 1. The van der Waals surface area contributed by atoms with Crippen LogP contribution in [0.5, 0.6) is 5.75 Å². The van der Waals surface area contributed by atoms with E-state index in [1.807, 2.05) is 6.92 Å². The second-order valence-corrected chi connectivity index (χ2v) is 5.80. The molecule has 22 heavy (non-hydrogen) atoms. The van der Waals surface area contributed by atoms with Crippen molar-refractivity contribution in [1.29, 1.82) is 0 Å². The highest BCUT2D eigenvalue weighted by Crippen LogP contribution is 2.40. The molecule has 1 saturated heterocycles. The monoisotopic (exact) mass is 317 g/mol. The molecule has 0 radical (unpaired) electrons. The van der Waals surface area contributed by atoms with E-state index >= 15 is 0 Å². The number of likely N-dealkylation sites (tertiary alicyclic amines) is 1. The van der Waals surface area contributed by atoms with Crippen LogP contribution in [0, 0.1) is 5.92 Å². The Labute approximate surface area is 128 Å². The van der Waals surface area contributed by atoms with E-state index in [2.05, 4.69) is 4.90 Å². The van der Waals surface area contributed by atoms with E-state index in [4.69, 9.17) is 4.74 Å².